The molecule has 2 aromatic rings. The largest absolute Gasteiger partial charge is 0.507 e. The molecule has 1 fully saturated rings. The Balaban J connectivity index is 2.15. The van der Waals surface area contributed by atoms with E-state index in [0.29, 0.717) is 12.0 Å². The molecule has 0 spiro atoms. The molecule has 1 heterocycles. The SMILES string of the molecule is O=C1C(=O)N(CCCO)[C@@H](c2ccc(Br)cc2)/C1=C(\O)c1ccccc1. The first-order valence-electron chi connectivity index (χ1n) is 8.24. The van der Waals surface area contributed by atoms with E-state index in [1.807, 2.05) is 30.3 Å². The van der Waals surface area contributed by atoms with Crippen LogP contribution in [0.4, 0.5) is 0 Å². The third-order valence-electron chi connectivity index (χ3n) is 4.33. The molecular weight excluding hydrogens is 398 g/mol. The fourth-order valence-corrected chi connectivity index (χ4v) is 3.36. The van der Waals surface area contributed by atoms with Crippen LogP contribution in [-0.2, 0) is 9.59 Å². The number of aliphatic hydroxyl groups excluding tert-OH is 2. The molecule has 0 aromatic heterocycles. The van der Waals surface area contributed by atoms with Gasteiger partial charge in [0, 0.05) is 23.2 Å². The molecule has 1 saturated heterocycles. The number of likely N-dealkylation sites (tertiary alicyclic amines) is 1. The number of carbonyl (C=O) groups excluding carboxylic acids is 2. The molecule has 5 nitrogen and oxygen atoms in total. The van der Waals surface area contributed by atoms with Crippen LogP contribution in [0.5, 0.6) is 0 Å². The predicted molar refractivity (Wildman–Crippen MR) is 101 cm³/mol. The Hall–Kier alpha value is -2.44. The number of hydrogen-bond acceptors (Lipinski definition) is 4. The van der Waals surface area contributed by atoms with Crippen molar-refractivity contribution in [2.45, 2.75) is 12.5 Å². The Bertz CT molecular complexity index is 846. The number of aliphatic hydroxyl groups is 2. The molecule has 26 heavy (non-hydrogen) atoms. The second-order valence-corrected chi connectivity index (χ2v) is 6.90. The summed E-state index contributed by atoms with van der Waals surface area (Å²) in [6.45, 7) is 0.141. The molecule has 1 aliphatic rings. The summed E-state index contributed by atoms with van der Waals surface area (Å²) >= 11 is 3.37. The van der Waals surface area contributed by atoms with Gasteiger partial charge in [0.2, 0.25) is 0 Å². The zero-order valence-corrected chi connectivity index (χ0v) is 15.5. The summed E-state index contributed by atoms with van der Waals surface area (Å²) < 4.78 is 0.872. The average Bonchev–Trinajstić information content (AvgIpc) is 2.91. The molecule has 0 saturated carbocycles. The van der Waals surface area contributed by atoms with Crippen LogP contribution < -0.4 is 0 Å². The van der Waals surface area contributed by atoms with Crippen LogP contribution in [0.15, 0.2) is 64.6 Å². The van der Waals surface area contributed by atoms with Gasteiger partial charge in [-0.15, -0.1) is 0 Å². The molecule has 0 unspecified atom stereocenters. The molecule has 2 aromatic carbocycles. The van der Waals surface area contributed by atoms with Crippen molar-refractivity contribution in [1.29, 1.82) is 0 Å². The van der Waals surface area contributed by atoms with Gasteiger partial charge in [-0.05, 0) is 24.1 Å². The lowest BCUT2D eigenvalue weighted by Gasteiger charge is -2.25. The number of nitrogens with zero attached hydrogens (tertiary/aromatic N) is 1. The Morgan fingerprint density at radius 3 is 2.31 bits per heavy atom. The van der Waals surface area contributed by atoms with Crippen LogP contribution in [0.3, 0.4) is 0 Å². The van der Waals surface area contributed by atoms with E-state index in [-0.39, 0.29) is 24.5 Å². The van der Waals surface area contributed by atoms with E-state index >= 15 is 0 Å². The highest BCUT2D eigenvalue weighted by molar-refractivity contribution is 9.10. The van der Waals surface area contributed by atoms with Crippen molar-refractivity contribution < 1.29 is 19.8 Å². The number of carbonyl (C=O) groups is 2. The standard InChI is InChI=1S/C20H18BrNO4/c21-15-9-7-13(8-10-15)17-16(18(24)14-5-2-1-3-6-14)19(25)20(26)22(17)11-4-12-23/h1-3,5-10,17,23-24H,4,11-12H2/b18-16+/t17-/m0/s1. The van der Waals surface area contributed by atoms with Gasteiger partial charge in [-0.25, -0.2) is 0 Å². The third-order valence-corrected chi connectivity index (χ3v) is 4.86. The average molecular weight is 416 g/mol. The first kappa shape index (κ1) is 18.4. The quantitative estimate of drug-likeness (QED) is 0.446. The lowest BCUT2D eigenvalue weighted by Crippen LogP contribution is -2.31. The van der Waals surface area contributed by atoms with Crippen LogP contribution in [0.1, 0.15) is 23.6 Å². The van der Waals surface area contributed by atoms with Gasteiger partial charge in [0.1, 0.15) is 5.76 Å². The minimum Gasteiger partial charge on any atom is -0.507 e. The first-order chi connectivity index (χ1) is 12.5. The van der Waals surface area contributed by atoms with Crippen LogP contribution in [0.25, 0.3) is 5.76 Å². The number of amides is 1. The van der Waals surface area contributed by atoms with E-state index in [1.54, 1.807) is 24.3 Å². The van der Waals surface area contributed by atoms with E-state index in [9.17, 15) is 14.7 Å². The molecule has 1 aliphatic heterocycles. The third kappa shape index (κ3) is 3.43. The molecule has 1 atom stereocenters. The number of benzene rings is 2. The highest BCUT2D eigenvalue weighted by Gasteiger charge is 2.45. The highest BCUT2D eigenvalue weighted by atomic mass is 79.9. The summed E-state index contributed by atoms with van der Waals surface area (Å²) in [5, 5.41) is 19.9. The number of hydrogen-bond donors (Lipinski definition) is 2. The fourth-order valence-electron chi connectivity index (χ4n) is 3.09. The van der Waals surface area contributed by atoms with Crippen LogP contribution in [0.2, 0.25) is 0 Å². The van der Waals surface area contributed by atoms with Crippen molar-refractivity contribution in [3.05, 3.63) is 75.8 Å². The molecule has 0 radical (unpaired) electrons. The normalized spacial score (nSPS) is 19.2. The van der Waals surface area contributed by atoms with Gasteiger partial charge in [-0.1, -0.05) is 58.4 Å². The van der Waals surface area contributed by atoms with Crippen molar-refractivity contribution in [3.63, 3.8) is 0 Å². The lowest BCUT2D eigenvalue weighted by atomic mass is 9.95. The number of rotatable bonds is 5. The Kier molecular flexibility index (Phi) is 5.54. The lowest BCUT2D eigenvalue weighted by molar-refractivity contribution is -0.140. The number of ketones is 1. The van der Waals surface area contributed by atoms with Gasteiger partial charge >= 0.3 is 0 Å². The molecule has 6 heteroatoms. The van der Waals surface area contributed by atoms with Gasteiger partial charge in [0.05, 0.1) is 11.6 Å². The summed E-state index contributed by atoms with van der Waals surface area (Å²) in [7, 11) is 0. The summed E-state index contributed by atoms with van der Waals surface area (Å²) in [5.74, 6) is -1.57. The number of halogens is 1. The van der Waals surface area contributed by atoms with Gasteiger partial charge in [-0.3, -0.25) is 9.59 Å². The van der Waals surface area contributed by atoms with Gasteiger partial charge in [-0.2, -0.15) is 0 Å². The number of Topliss-reactive ketones (excluding diaryl/α,β-unsaturated/α-hetero) is 1. The van der Waals surface area contributed by atoms with E-state index in [2.05, 4.69) is 15.9 Å². The first-order valence-corrected chi connectivity index (χ1v) is 9.04. The summed E-state index contributed by atoms with van der Waals surface area (Å²) in [4.78, 5) is 26.6. The van der Waals surface area contributed by atoms with Gasteiger partial charge in [0.15, 0.2) is 0 Å². The molecule has 0 bridgehead atoms. The second-order valence-electron chi connectivity index (χ2n) is 5.99. The molecule has 3 rings (SSSR count). The van der Waals surface area contributed by atoms with E-state index < -0.39 is 17.7 Å². The summed E-state index contributed by atoms with van der Waals surface area (Å²) in [6, 6.07) is 15.3. The molecule has 134 valence electrons. The Morgan fingerprint density at radius 1 is 1.04 bits per heavy atom. The van der Waals surface area contributed by atoms with E-state index in [0.717, 1.165) is 10.0 Å². The zero-order valence-electron chi connectivity index (χ0n) is 13.9. The smallest absolute Gasteiger partial charge is 0.295 e. The topological polar surface area (TPSA) is 77.8 Å². The minimum absolute atomic E-state index is 0.0708. The summed E-state index contributed by atoms with van der Waals surface area (Å²) in [6.07, 6.45) is 0.353. The molecule has 1 amide bonds. The van der Waals surface area contributed by atoms with Crippen molar-refractivity contribution in [2.24, 2.45) is 0 Å². The molecular formula is C20H18BrNO4. The fraction of sp³-hybridized carbons (Fsp3) is 0.200. The molecule has 2 N–H and O–H groups in total. The van der Waals surface area contributed by atoms with Gasteiger partial charge < -0.3 is 15.1 Å². The van der Waals surface area contributed by atoms with Crippen LogP contribution >= 0.6 is 15.9 Å². The monoisotopic (exact) mass is 415 g/mol. The Morgan fingerprint density at radius 2 is 1.69 bits per heavy atom. The van der Waals surface area contributed by atoms with E-state index in [1.165, 1.54) is 4.90 Å². The maximum atomic E-state index is 12.7. The van der Waals surface area contributed by atoms with Crippen LogP contribution in [0, 0.1) is 0 Å². The van der Waals surface area contributed by atoms with Crippen LogP contribution in [-0.4, -0.2) is 40.0 Å². The Labute approximate surface area is 159 Å². The zero-order chi connectivity index (χ0) is 18.7. The maximum Gasteiger partial charge on any atom is 0.295 e. The minimum atomic E-state index is -0.711. The van der Waals surface area contributed by atoms with Crippen molar-refractivity contribution >= 4 is 33.4 Å². The van der Waals surface area contributed by atoms with Crippen molar-refractivity contribution in [1.82, 2.24) is 4.90 Å². The highest BCUT2D eigenvalue weighted by Crippen LogP contribution is 2.39. The van der Waals surface area contributed by atoms with E-state index in [4.69, 9.17) is 5.11 Å². The van der Waals surface area contributed by atoms with Crippen molar-refractivity contribution in [3.8, 4) is 0 Å². The molecule has 0 aliphatic carbocycles. The second kappa shape index (κ2) is 7.85. The van der Waals surface area contributed by atoms with Gasteiger partial charge in [0.25, 0.3) is 11.7 Å². The van der Waals surface area contributed by atoms with Crippen molar-refractivity contribution in [2.75, 3.05) is 13.2 Å². The maximum absolute atomic E-state index is 12.7. The predicted octanol–water partition coefficient (Wildman–Crippen LogP) is 3.25. The summed E-state index contributed by atoms with van der Waals surface area (Å²) in [5.41, 5.74) is 1.28.